The van der Waals surface area contributed by atoms with Gasteiger partial charge in [0.25, 0.3) is 0 Å². The second-order valence-corrected chi connectivity index (χ2v) is 9.21. The van der Waals surface area contributed by atoms with E-state index in [1.165, 1.54) is 12.1 Å². The van der Waals surface area contributed by atoms with Gasteiger partial charge in [0.1, 0.15) is 6.04 Å². The second kappa shape index (κ2) is 9.35. The molecule has 0 radical (unpaired) electrons. The average molecular weight is 473 g/mol. The zero-order valence-corrected chi connectivity index (χ0v) is 18.2. The standard InChI is InChI=1S/C22H21BrN2O3S/c1-16-11-13-18(14-12-16)29(27,28)25-21(15-17-7-3-2-4-8-17)22(26)24-20-10-6-5-9-19(20)23/h2-14,21,25H,15H2,1H3,(H,24,26)/t21-/m1/s1. The highest BCUT2D eigenvalue weighted by Gasteiger charge is 2.26. The van der Waals surface area contributed by atoms with Crippen molar-refractivity contribution >= 4 is 37.5 Å². The van der Waals surface area contributed by atoms with E-state index >= 15 is 0 Å². The first kappa shape index (κ1) is 21.2. The molecular formula is C22H21BrN2O3S. The van der Waals surface area contributed by atoms with Crippen molar-refractivity contribution in [3.63, 3.8) is 0 Å². The molecule has 0 saturated heterocycles. The van der Waals surface area contributed by atoms with Crippen molar-refractivity contribution in [1.29, 1.82) is 0 Å². The third-order valence-electron chi connectivity index (χ3n) is 4.36. The van der Waals surface area contributed by atoms with E-state index in [0.29, 0.717) is 10.2 Å². The largest absolute Gasteiger partial charge is 0.324 e. The fourth-order valence-electron chi connectivity index (χ4n) is 2.79. The molecule has 0 saturated carbocycles. The molecule has 0 unspecified atom stereocenters. The number of hydrogen-bond acceptors (Lipinski definition) is 3. The van der Waals surface area contributed by atoms with Crippen molar-refractivity contribution in [2.24, 2.45) is 0 Å². The smallest absolute Gasteiger partial charge is 0.242 e. The Morgan fingerprint density at radius 3 is 2.21 bits per heavy atom. The Hall–Kier alpha value is -2.48. The highest BCUT2D eigenvalue weighted by Crippen LogP contribution is 2.22. The second-order valence-electron chi connectivity index (χ2n) is 6.65. The lowest BCUT2D eigenvalue weighted by atomic mass is 10.1. The molecule has 3 rings (SSSR count). The van der Waals surface area contributed by atoms with Crippen molar-refractivity contribution in [3.05, 3.63) is 94.5 Å². The van der Waals surface area contributed by atoms with Gasteiger partial charge in [-0.15, -0.1) is 0 Å². The molecular weight excluding hydrogens is 452 g/mol. The number of anilines is 1. The lowest BCUT2D eigenvalue weighted by Gasteiger charge is -2.19. The van der Waals surface area contributed by atoms with E-state index in [9.17, 15) is 13.2 Å². The molecule has 3 aromatic rings. The van der Waals surface area contributed by atoms with Crippen molar-refractivity contribution in [3.8, 4) is 0 Å². The van der Waals surface area contributed by atoms with Gasteiger partial charge in [-0.05, 0) is 59.1 Å². The normalized spacial score (nSPS) is 12.3. The summed E-state index contributed by atoms with van der Waals surface area (Å²) in [5.41, 5.74) is 2.38. The number of nitrogens with one attached hydrogen (secondary N) is 2. The Kier molecular flexibility index (Phi) is 6.84. The maximum atomic E-state index is 13.0. The SMILES string of the molecule is Cc1ccc(S(=O)(=O)N[C@H](Cc2ccccc2)C(=O)Nc2ccccc2Br)cc1. The molecule has 29 heavy (non-hydrogen) atoms. The van der Waals surface area contributed by atoms with Crippen molar-refractivity contribution in [2.45, 2.75) is 24.3 Å². The van der Waals surface area contributed by atoms with Crippen LogP contribution in [-0.2, 0) is 21.2 Å². The van der Waals surface area contributed by atoms with Crippen LogP contribution >= 0.6 is 15.9 Å². The molecule has 7 heteroatoms. The molecule has 150 valence electrons. The van der Waals surface area contributed by atoms with Crippen molar-refractivity contribution in [1.82, 2.24) is 4.72 Å². The quantitative estimate of drug-likeness (QED) is 0.538. The van der Waals surface area contributed by atoms with E-state index in [1.54, 1.807) is 30.3 Å². The lowest BCUT2D eigenvalue weighted by molar-refractivity contribution is -0.117. The summed E-state index contributed by atoms with van der Waals surface area (Å²) in [5.74, 6) is -0.434. The zero-order chi connectivity index (χ0) is 20.9. The zero-order valence-electron chi connectivity index (χ0n) is 15.8. The van der Waals surface area contributed by atoms with E-state index in [4.69, 9.17) is 0 Å². The lowest BCUT2D eigenvalue weighted by Crippen LogP contribution is -2.45. The summed E-state index contributed by atoms with van der Waals surface area (Å²) in [6, 6.07) is 22.0. The van der Waals surface area contributed by atoms with Gasteiger partial charge in [0.05, 0.1) is 10.6 Å². The van der Waals surface area contributed by atoms with Gasteiger partial charge in [0.15, 0.2) is 0 Å². The number of sulfonamides is 1. The molecule has 0 heterocycles. The van der Waals surface area contributed by atoms with Crippen LogP contribution < -0.4 is 10.0 Å². The highest BCUT2D eigenvalue weighted by atomic mass is 79.9. The van der Waals surface area contributed by atoms with Crippen molar-refractivity contribution in [2.75, 3.05) is 5.32 Å². The maximum Gasteiger partial charge on any atom is 0.242 e. The molecule has 3 aromatic carbocycles. The summed E-state index contributed by atoms with van der Waals surface area (Å²) in [6.07, 6.45) is 0.224. The number of rotatable bonds is 7. The van der Waals surface area contributed by atoms with Crippen LogP contribution in [0.4, 0.5) is 5.69 Å². The summed E-state index contributed by atoms with van der Waals surface area (Å²) < 4.78 is 29.0. The Morgan fingerprint density at radius 2 is 1.55 bits per heavy atom. The summed E-state index contributed by atoms with van der Waals surface area (Å²) in [6.45, 7) is 1.88. The Labute approximate surface area is 179 Å². The van der Waals surface area contributed by atoms with E-state index < -0.39 is 22.0 Å². The minimum absolute atomic E-state index is 0.120. The van der Waals surface area contributed by atoms with Gasteiger partial charge >= 0.3 is 0 Å². The molecule has 1 atom stereocenters. The van der Waals surface area contributed by atoms with Crippen LogP contribution in [0.25, 0.3) is 0 Å². The molecule has 5 nitrogen and oxygen atoms in total. The van der Waals surface area contributed by atoms with Gasteiger partial charge < -0.3 is 5.32 Å². The van der Waals surface area contributed by atoms with Gasteiger partial charge in [-0.25, -0.2) is 8.42 Å². The number of aryl methyl sites for hydroxylation is 1. The fraction of sp³-hybridized carbons (Fsp3) is 0.136. The topological polar surface area (TPSA) is 75.3 Å². The summed E-state index contributed by atoms with van der Waals surface area (Å²) in [4.78, 5) is 13.1. The number of halogens is 1. The first-order valence-corrected chi connectivity index (χ1v) is 11.3. The van der Waals surface area contributed by atoms with E-state index in [2.05, 4.69) is 26.0 Å². The first-order valence-electron chi connectivity index (χ1n) is 9.03. The molecule has 0 aliphatic carbocycles. The molecule has 0 bridgehead atoms. The summed E-state index contributed by atoms with van der Waals surface area (Å²) in [7, 11) is -3.87. The van der Waals surface area contributed by atoms with Crippen LogP contribution in [0, 0.1) is 6.92 Å². The number of hydrogen-bond donors (Lipinski definition) is 2. The van der Waals surface area contributed by atoms with Crippen LogP contribution in [0.15, 0.2) is 88.2 Å². The number of benzene rings is 3. The third kappa shape index (κ3) is 5.76. The molecule has 0 aliphatic rings. The van der Waals surface area contributed by atoms with Gasteiger partial charge in [-0.1, -0.05) is 60.2 Å². The molecule has 2 N–H and O–H groups in total. The molecule has 0 aromatic heterocycles. The van der Waals surface area contributed by atoms with Crippen LogP contribution in [0.3, 0.4) is 0 Å². The Morgan fingerprint density at radius 1 is 0.931 bits per heavy atom. The van der Waals surface area contributed by atoms with Gasteiger partial charge in [-0.3, -0.25) is 4.79 Å². The fourth-order valence-corrected chi connectivity index (χ4v) is 4.37. The predicted molar refractivity (Wildman–Crippen MR) is 118 cm³/mol. The molecule has 0 spiro atoms. The monoisotopic (exact) mass is 472 g/mol. The Bertz CT molecular complexity index is 1080. The highest BCUT2D eigenvalue weighted by molar-refractivity contribution is 9.10. The number of carbonyl (C=O) groups is 1. The van der Waals surface area contributed by atoms with Crippen LogP contribution in [0.2, 0.25) is 0 Å². The van der Waals surface area contributed by atoms with Crippen LogP contribution in [0.1, 0.15) is 11.1 Å². The minimum atomic E-state index is -3.87. The molecule has 1 amide bonds. The van der Waals surface area contributed by atoms with Gasteiger partial charge in [0, 0.05) is 4.47 Å². The van der Waals surface area contributed by atoms with Crippen molar-refractivity contribution < 1.29 is 13.2 Å². The Balaban J connectivity index is 1.87. The van der Waals surface area contributed by atoms with Crippen LogP contribution in [-0.4, -0.2) is 20.4 Å². The predicted octanol–water partition coefficient (Wildman–Crippen LogP) is 4.29. The van der Waals surface area contributed by atoms with E-state index in [0.717, 1.165) is 11.1 Å². The molecule has 0 aliphatic heterocycles. The number of para-hydroxylation sites is 1. The van der Waals surface area contributed by atoms with E-state index in [-0.39, 0.29) is 11.3 Å². The van der Waals surface area contributed by atoms with Gasteiger partial charge in [-0.2, -0.15) is 4.72 Å². The van der Waals surface area contributed by atoms with Gasteiger partial charge in [0.2, 0.25) is 15.9 Å². The number of carbonyl (C=O) groups excluding carboxylic acids is 1. The maximum absolute atomic E-state index is 13.0. The minimum Gasteiger partial charge on any atom is -0.324 e. The summed E-state index contributed by atoms with van der Waals surface area (Å²) >= 11 is 3.39. The van der Waals surface area contributed by atoms with Crippen LogP contribution in [0.5, 0.6) is 0 Å². The number of amides is 1. The summed E-state index contributed by atoms with van der Waals surface area (Å²) in [5, 5.41) is 2.80. The molecule has 0 fully saturated rings. The average Bonchev–Trinajstić information content (AvgIpc) is 2.70. The van der Waals surface area contributed by atoms with E-state index in [1.807, 2.05) is 43.3 Å². The third-order valence-corrected chi connectivity index (χ3v) is 6.54. The first-order chi connectivity index (χ1) is 13.8.